The van der Waals surface area contributed by atoms with Crippen molar-refractivity contribution >= 4 is 43.1 Å². The minimum Gasteiger partial charge on any atom is -0.245 e. The number of nitrogens with zero attached hydrogens (tertiary/aromatic N) is 2. The summed E-state index contributed by atoms with van der Waals surface area (Å²) in [7, 11) is 0. The molecule has 0 bridgehead atoms. The van der Waals surface area contributed by atoms with Crippen molar-refractivity contribution in [2.75, 3.05) is 0 Å². The predicted octanol–water partition coefficient (Wildman–Crippen LogP) is 6.38. The molecule has 4 aromatic rings. The molecule has 2 nitrogen and oxygen atoms in total. The van der Waals surface area contributed by atoms with Crippen molar-refractivity contribution in [3.63, 3.8) is 0 Å². The Morgan fingerprint density at radius 2 is 1.67 bits per heavy atom. The first-order valence-corrected chi connectivity index (χ1v) is 10.0. The zero-order valence-corrected chi connectivity index (χ0v) is 15.7. The number of benzene rings is 2. The van der Waals surface area contributed by atoms with Gasteiger partial charge in [-0.2, -0.15) is 0 Å². The van der Waals surface area contributed by atoms with Crippen LogP contribution in [0.3, 0.4) is 0 Å². The molecule has 122 valence electrons. The number of fused-ring (bicyclic) bond motifs is 2. The molecule has 0 aliphatic heterocycles. The van der Waals surface area contributed by atoms with Crippen molar-refractivity contribution in [2.24, 2.45) is 0 Å². The van der Waals surface area contributed by atoms with Gasteiger partial charge in [0, 0.05) is 6.42 Å². The molecule has 2 aromatic carbocycles. The number of hydrogen-bond acceptors (Lipinski definition) is 4. The van der Waals surface area contributed by atoms with Gasteiger partial charge in [0.1, 0.15) is 0 Å². The van der Waals surface area contributed by atoms with Crippen molar-refractivity contribution in [2.45, 2.75) is 39.0 Å². The highest BCUT2D eigenvalue weighted by Gasteiger charge is 2.12. The van der Waals surface area contributed by atoms with Crippen LogP contribution in [0.5, 0.6) is 0 Å². The summed E-state index contributed by atoms with van der Waals surface area (Å²) in [5.74, 6) is 1.02. The first-order valence-electron chi connectivity index (χ1n) is 8.32. The largest absolute Gasteiger partial charge is 0.245 e. The van der Waals surface area contributed by atoms with Crippen LogP contribution in [-0.4, -0.2) is 9.97 Å². The van der Waals surface area contributed by atoms with Gasteiger partial charge in [-0.15, -0.1) is 22.7 Å². The summed E-state index contributed by atoms with van der Waals surface area (Å²) in [6.45, 7) is 6.76. The van der Waals surface area contributed by atoms with Crippen molar-refractivity contribution < 1.29 is 0 Å². The lowest BCUT2D eigenvalue weighted by molar-refractivity contribution is 0.757. The van der Waals surface area contributed by atoms with E-state index in [9.17, 15) is 0 Å². The summed E-state index contributed by atoms with van der Waals surface area (Å²) in [5, 5.41) is 1.22. The Morgan fingerprint density at radius 1 is 0.917 bits per heavy atom. The Morgan fingerprint density at radius 3 is 2.50 bits per heavy atom. The molecule has 0 saturated carbocycles. The first kappa shape index (κ1) is 15.7. The van der Waals surface area contributed by atoms with Crippen LogP contribution in [0.2, 0.25) is 0 Å². The van der Waals surface area contributed by atoms with E-state index in [1.165, 1.54) is 25.5 Å². The molecule has 4 heteroatoms. The monoisotopic (exact) mass is 352 g/mol. The second kappa shape index (κ2) is 6.26. The molecule has 0 aliphatic carbocycles. The van der Waals surface area contributed by atoms with Crippen molar-refractivity contribution in [1.29, 1.82) is 0 Å². The highest BCUT2D eigenvalue weighted by molar-refractivity contribution is 7.18. The van der Waals surface area contributed by atoms with Gasteiger partial charge in [0.25, 0.3) is 0 Å². The topological polar surface area (TPSA) is 25.8 Å². The molecule has 0 amide bonds. The van der Waals surface area contributed by atoms with Crippen LogP contribution >= 0.6 is 22.7 Å². The summed E-state index contributed by atoms with van der Waals surface area (Å²) < 4.78 is 2.58. The van der Waals surface area contributed by atoms with E-state index in [0.29, 0.717) is 11.8 Å². The van der Waals surface area contributed by atoms with Gasteiger partial charge < -0.3 is 0 Å². The third-order valence-corrected chi connectivity index (χ3v) is 6.36. The second-order valence-corrected chi connectivity index (χ2v) is 8.68. The van der Waals surface area contributed by atoms with Crippen LogP contribution in [0.1, 0.15) is 48.7 Å². The average molecular weight is 353 g/mol. The van der Waals surface area contributed by atoms with Gasteiger partial charge >= 0.3 is 0 Å². The Balaban J connectivity index is 1.60. The highest BCUT2D eigenvalue weighted by atomic mass is 32.1. The number of aromatic nitrogens is 2. The summed E-state index contributed by atoms with van der Waals surface area (Å²) in [6.07, 6.45) is 0.987. The smallest absolute Gasteiger partial charge is 0.0944 e. The summed E-state index contributed by atoms with van der Waals surface area (Å²) in [6, 6.07) is 13.3. The molecular formula is C20H20N2S2. The molecule has 1 atom stereocenters. The second-order valence-electron chi connectivity index (χ2n) is 6.67. The van der Waals surface area contributed by atoms with E-state index in [-0.39, 0.29) is 0 Å². The summed E-state index contributed by atoms with van der Waals surface area (Å²) >= 11 is 3.55. The van der Waals surface area contributed by atoms with Gasteiger partial charge in [-0.05, 0) is 47.2 Å². The molecule has 0 fully saturated rings. The molecule has 0 spiro atoms. The van der Waals surface area contributed by atoms with Gasteiger partial charge in [0.2, 0.25) is 0 Å². The van der Waals surface area contributed by atoms with Gasteiger partial charge in [-0.3, -0.25) is 0 Å². The minimum atomic E-state index is 0.460. The van der Waals surface area contributed by atoms with Crippen molar-refractivity contribution in [3.8, 4) is 0 Å². The zero-order valence-electron chi connectivity index (χ0n) is 14.1. The van der Waals surface area contributed by atoms with Crippen LogP contribution in [0.25, 0.3) is 20.4 Å². The molecule has 0 radical (unpaired) electrons. The van der Waals surface area contributed by atoms with E-state index in [1.807, 2.05) is 16.8 Å². The molecule has 0 saturated heterocycles. The summed E-state index contributed by atoms with van der Waals surface area (Å²) in [5.41, 5.74) is 6.90. The third kappa shape index (κ3) is 2.96. The molecule has 1 unspecified atom stereocenters. The van der Waals surface area contributed by atoms with E-state index in [1.54, 1.807) is 11.3 Å². The molecule has 4 rings (SSSR count). The lowest BCUT2D eigenvalue weighted by Gasteiger charge is -2.09. The van der Waals surface area contributed by atoms with Gasteiger partial charge in [0.05, 0.1) is 31.0 Å². The molecule has 0 aliphatic rings. The predicted molar refractivity (Wildman–Crippen MR) is 105 cm³/mol. The van der Waals surface area contributed by atoms with E-state index >= 15 is 0 Å². The minimum absolute atomic E-state index is 0.460. The lowest BCUT2D eigenvalue weighted by atomic mass is 9.98. The fourth-order valence-electron chi connectivity index (χ4n) is 2.99. The van der Waals surface area contributed by atoms with Crippen LogP contribution < -0.4 is 0 Å². The molecule has 2 aromatic heterocycles. The quantitative estimate of drug-likeness (QED) is 0.426. The molecule has 24 heavy (non-hydrogen) atoms. The molecule has 0 N–H and O–H groups in total. The third-order valence-electron chi connectivity index (χ3n) is 4.53. The van der Waals surface area contributed by atoms with E-state index in [4.69, 9.17) is 4.98 Å². The van der Waals surface area contributed by atoms with Crippen LogP contribution in [0.15, 0.2) is 41.9 Å². The standard InChI is InChI=1S/C20H20N2S2/c1-12(2)14-4-7-17-19(9-14)24-20(22-17)8-13(3)15-5-6-16-18(10-15)23-11-21-16/h4-7,9-13H,8H2,1-3H3. The maximum Gasteiger partial charge on any atom is 0.0944 e. The van der Waals surface area contributed by atoms with E-state index in [0.717, 1.165) is 17.5 Å². The van der Waals surface area contributed by atoms with Crippen molar-refractivity contribution in [1.82, 2.24) is 9.97 Å². The fourth-order valence-corrected chi connectivity index (χ4v) is 4.86. The SMILES string of the molecule is CC(C)c1ccc2nc(CC(C)c3ccc4ncsc4c3)sc2c1. The highest BCUT2D eigenvalue weighted by Crippen LogP contribution is 2.31. The zero-order chi connectivity index (χ0) is 16.7. The normalized spacial score (nSPS) is 13.2. The number of thiazole rings is 2. The Kier molecular flexibility index (Phi) is 4.10. The molecular weight excluding hydrogens is 332 g/mol. The molecule has 2 heterocycles. The maximum atomic E-state index is 4.84. The first-order chi connectivity index (χ1) is 11.6. The Bertz CT molecular complexity index is 997. The summed E-state index contributed by atoms with van der Waals surface area (Å²) in [4.78, 5) is 9.20. The van der Waals surface area contributed by atoms with E-state index in [2.05, 4.69) is 62.2 Å². The number of hydrogen-bond donors (Lipinski definition) is 0. The van der Waals surface area contributed by atoms with Crippen LogP contribution in [-0.2, 0) is 6.42 Å². The average Bonchev–Trinajstić information content (AvgIpc) is 3.18. The van der Waals surface area contributed by atoms with Gasteiger partial charge in [-0.1, -0.05) is 32.9 Å². The lowest BCUT2D eigenvalue weighted by Crippen LogP contribution is -1.97. The fraction of sp³-hybridized carbons (Fsp3) is 0.300. The Labute approximate surface area is 150 Å². The van der Waals surface area contributed by atoms with Gasteiger partial charge in [0.15, 0.2) is 0 Å². The Hall–Kier alpha value is -1.78. The van der Waals surface area contributed by atoms with Gasteiger partial charge in [-0.25, -0.2) is 9.97 Å². The van der Waals surface area contributed by atoms with E-state index < -0.39 is 0 Å². The number of rotatable bonds is 4. The van der Waals surface area contributed by atoms with Crippen molar-refractivity contribution in [3.05, 3.63) is 58.0 Å². The maximum absolute atomic E-state index is 4.84. The van der Waals surface area contributed by atoms with Crippen LogP contribution in [0, 0.1) is 0 Å². The van der Waals surface area contributed by atoms with Crippen LogP contribution in [0.4, 0.5) is 0 Å².